The van der Waals surface area contributed by atoms with E-state index in [-0.39, 0.29) is 18.9 Å². The number of nitrogens with zero attached hydrogens (tertiary/aromatic N) is 1. The number of carboxylic acid groups (broad SMARTS) is 1. The first-order valence-corrected chi connectivity index (χ1v) is 6.48. The molecule has 7 nitrogen and oxygen atoms in total. The summed E-state index contributed by atoms with van der Waals surface area (Å²) in [5.41, 5.74) is 0.861. The Balaban J connectivity index is 2.15. The van der Waals surface area contributed by atoms with Crippen LogP contribution in [0.1, 0.15) is 23.7 Å². The van der Waals surface area contributed by atoms with Crippen LogP contribution >= 0.6 is 0 Å². The number of amides is 2. The molecule has 1 aromatic rings. The first-order valence-electron chi connectivity index (χ1n) is 6.48. The molecular formula is C14H16N2O5. The summed E-state index contributed by atoms with van der Waals surface area (Å²) in [4.78, 5) is 35.5. The van der Waals surface area contributed by atoms with Gasteiger partial charge in [0.15, 0.2) is 0 Å². The minimum absolute atomic E-state index is 0.00322. The number of aliphatic hydroxyl groups excluding tert-OH is 1. The Labute approximate surface area is 121 Å². The van der Waals surface area contributed by atoms with E-state index in [1.54, 1.807) is 12.1 Å². The Morgan fingerprint density at radius 2 is 1.86 bits per heavy atom. The number of aliphatic carboxylic acids is 1. The third-order valence-corrected chi connectivity index (χ3v) is 3.28. The molecule has 0 spiro atoms. The maximum Gasteiger partial charge on any atom is 0.326 e. The van der Waals surface area contributed by atoms with Crippen LogP contribution in [0.3, 0.4) is 0 Å². The van der Waals surface area contributed by atoms with Gasteiger partial charge in [-0.2, -0.15) is 0 Å². The first-order chi connectivity index (χ1) is 9.88. The molecule has 1 unspecified atom stereocenters. The molecule has 1 fully saturated rings. The smallest absolute Gasteiger partial charge is 0.326 e. The van der Waals surface area contributed by atoms with Crippen molar-refractivity contribution in [2.24, 2.45) is 0 Å². The van der Waals surface area contributed by atoms with E-state index < -0.39 is 24.0 Å². The molecule has 0 aliphatic carbocycles. The van der Waals surface area contributed by atoms with Gasteiger partial charge >= 0.3 is 5.97 Å². The average Bonchev–Trinajstić information content (AvgIpc) is 2.80. The zero-order chi connectivity index (χ0) is 15.6. The lowest BCUT2D eigenvalue weighted by Crippen LogP contribution is -2.40. The molecule has 0 aromatic heterocycles. The molecule has 2 rings (SSSR count). The molecule has 21 heavy (non-hydrogen) atoms. The van der Waals surface area contributed by atoms with Gasteiger partial charge in [-0.15, -0.1) is 0 Å². The Kier molecular flexibility index (Phi) is 4.23. The zero-order valence-electron chi connectivity index (χ0n) is 11.4. The van der Waals surface area contributed by atoms with E-state index in [0.29, 0.717) is 11.3 Å². The molecule has 3 N–H and O–H groups in total. The van der Waals surface area contributed by atoms with Gasteiger partial charge in [-0.25, -0.2) is 4.79 Å². The maximum absolute atomic E-state index is 12.3. The number of benzene rings is 1. The van der Waals surface area contributed by atoms with Crippen molar-refractivity contribution in [2.75, 3.05) is 11.9 Å². The van der Waals surface area contributed by atoms with E-state index in [2.05, 4.69) is 5.32 Å². The van der Waals surface area contributed by atoms with Crippen molar-refractivity contribution in [1.82, 2.24) is 4.90 Å². The van der Waals surface area contributed by atoms with Gasteiger partial charge in [0.1, 0.15) is 6.04 Å². The molecule has 112 valence electrons. The van der Waals surface area contributed by atoms with Crippen molar-refractivity contribution in [3.8, 4) is 0 Å². The van der Waals surface area contributed by atoms with Gasteiger partial charge in [-0.3, -0.25) is 9.59 Å². The first kappa shape index (κ1) is 15.0. The van der Waals surface area contributed by atoms with Crippen LogP contribution in [0.2, 0.25) is 0 Å². The second-order valence-electron chi connectivity index (χ2n) is 4.96. The summed E-state index contributed by atoms with van der Waals surface area (Å²) in [6.07, 6.45) is -0.792. The minimum atomic E-state index is -1.13. The molecule has 1 saturated heterocycles. The van der Waals surface area contributed by atoms with Crippen LogP contribution in [0.25, 0.3) is 0 Å². The van der Waals surface area contributed by atoms with Gasteiger partial charge in [-0.1, -0.05) is 0 Å². The van der Waals surface area contributed by atoms with Crippen molar-refractivity contribution in [2.45, 2.75) is 25.5 Å². The normalized spacial score (nSPS) is 21.1. The summed E-state index contributed by atoms with van der Waals surface area (Å²) >= 11 is 0. The third-order valence-electron chi connectivity index (χ3n) is 3.28. The largest absolute Gasteiger partial charge is 0.480 e. The quantitative estimate of drug-likeness (QED) is 0.743. The standard InChI is InChI=1S/C14H16N2O5/c1-8(17)15-10-4-2-9(3-5-10)13(19)16-7-11(18)6-12(16)14(20)21/h2-5,11-12,18H,6-7H2,1H3,(H,15,17)(H,20,21)/t11?,12-/m0/s1. The Morgan fingerprint density at radius 1 is 1.24 bits per heavy atom. The summed E-state index contributed by atoms with van der Waals surface area (Å²) < 4.78 is 0. The highest BCUT2D eigenvalue weighted by Crippen LogP contribution is 2.21. The SMILES string of the molecule is CC(=O)Nc1ccc(C(=O)N2CC(O)C[C@H]2C(=O)O)cc1. The third kappa shape index (κ3) is 3.38. The van der Waals surface area contributed by atoms with Crippen molar-refractivity contribution in [1.29, 1.82) is 0 Å². The maximum atomic E-state index is 12.3. The number of likely N-dealkylation sites (tertiary alicyclic amines) is 1. The van der Waals surface area contributed by atoms with Crippen molar-refractivity contribution in [3.05, 3.63) is 29.8 Å². The molecular weight excluding hydrogens is 276 g/mol. The van der Waals surface area contributed by atoms with Gasteiger partial charge in [0, 0.05) is 31.1 Å². The number of aliphatic hydroxyl groups is 1. The van der Waals surface area contributed by atoms with Gasteiger partial charge in [0.25, 0.3) is 5.91 Å². The number of carbonyl (C=O) groups excluding carboxylic acids is 2. The minimum Gasteiger partial charge on any atom is -0.480 e. The highest BCUT2D eigenvalue weighted by molar-refractivity contribution is 5.97. The number of carbonyl (C=O) groups is 3. The van der Waals surface area contributed by atoms with Crippen LogP contribution in [0, 0.1) is 0 Å². The van der Waals surface area contributed by atoms with Crippen molar-refractivity contribution in [3.63, 3.8) is 0 Å². The molecule has 2 atom stereocenters. The summed E-state index contributed by atoms with van der Waals surface area (Å²) in [5, 5.41) is 21.2. The van der Waals surface area contributed by atoms with E-state index in [1.165, 1.54) is 19.1 Å². The Hall–Kier alpha value is -2.41. The number of rotatable bonds is 3. The topological polar surface area (TPSA) is 107 Å². The number of hydrogen-bond acceptors (Lipinski definition) is 4. The van der Waals surface area contributed by atoms with Crippen LogP contribution in [0.5, 0.6) is 0 Å². The summed E-state index contributed by atoms with van der Waals surface area (Å²) in [5.74, 6) is -1.80. The number of anilines is 1. The molecule has 1 aliphatic rings. The highest BCUT2D eigenvalue weighted by atomic mass is 16.4. The fraction of sp³-hybridized carbons (Fsp3) is 0.357. The number of carboxylic acids is 1. The van der Waals surface area contributed by atoms with Crippen LogP contribution in [-0.2, 0) is 9.59 Å². The molecule has 1 aromatic carbocycles. The second kappa shape index (κ2) is 5.92. The average molecular weight is 292 g/mol. The molecule has 2 amide bonds. The van der Waals surface area contributed by atoms with E-state index in [1.807, 2.05) is 0 Å². The number of hydrogen-bond donors (Lipinski definition) is 3. The van der Waals surface area contributed by atoms with E-state index in [4.69, 9.17) is 5.11 Å². The van der Waals surface area contributed by atoms with Crippen molar-refractivity contribution < 1.29 is 24.6 Å². The number of nitrogens with one attached hydrogen (secondary N) is 1. The highest BCUT2D eigenvalue weighted by Gasteiger charge is 2.39. The number of β-amino-alcohol motifs (C(OH)–C–C–N with tert-alkyl or cyclic N) is 1. The lowest BCUT2D eigenvalue weighted by molar-refractivity contribution is -0.141. The fourth-order valence-electron chi connectivity index (χ4n) is 2.34. The van der Waals surface area contributed by atoms with Gasteiger partial charge in [0.05, 0.1) is 6.10 Å². The second-order valence-corrected chi connectivity index (χ2v) is 4.96. The van der Waals surface area contributed by atoms with Crippen LogP contribution in [-0.4, -0.2) is 51.6 Å². The predicted molar refractivity (Wildman–Crippen MR) is 73.8 cm³/mol. The van der Waals surface area contributed by atoms with E-state index in [0.717, 1.165) is 4.90 Å². The van der Waals surface area contributed by atoms with E-state index >= 15 is 0 Å². The van der Waals surface area contributed by atoms with Crippen molar-refractivity contribution >= 4 is 23.5 Å². The van der Waals surface area contributed by atoms with Gasteiger partial charge in [-0.05, 0) is 24.3 Å². The summed E-state index contributed by atoms with van der Waals surface area (Å²) in [6, 6.07) is 5.14. The summed E-state index contributed by atoms with van der Waals surface area (Å²) in [6.45, 7) is 1.38. The molecule has 1 heterocycles. The van der Waals surface area contributed by atoms with Crippen LogP contribution < -0.4 is 5.32 Å². The van der Waals surface area contributed by atoms with Gasteiger partial charge < -0.3 is 20.4 Å². The molecule has 0 radical (unpaired) electrons. The lowest BCUT2D eigenvalue weighted by atomic mass is 10.1. The van der Waals surface area contributed by atoms with Gasteiger partial charge in [0.2, 0.25) is 5.91 Å². The Morgan fingerprint density at radius 3 is 2.38 bits per heavy atom. The predicted octanol–water partition coefficient (Wildman–Crippen LogP) is 0.305. The molecule has 0 bridgehead atoms. The molecule has 7 heteroatoms. The van der Waals surface area contributed by atoms with Crippen LogP contribution in [0.4, 0.5) is 5.69 Å². The lowest BCUT2D eigenvalue weighted by Gasteiger charge is -2.21. The zero-order valence-corrected chi connectivity index (χ0v) is 11.4. The molecule has 1 aliphatic heterocycles. The Bertz CT molecular complexity index is 569. The van der Waals surface area contributed by atoms with E-state index in [9.17, 15) is 19.5 Å². The molecule has 0 saturated carbocycles. The fourth-order valence-corrected chi connectivity index (χ4v) is 2.34. The van der Waals surface area contributed by atoms with Crippen LogP contribution in [0.15, 0.2) is 24.3 Å². The monoisotopic (exact) mass is 292 g/mol. The summed E-state index contributed by atoms with van der Waals surface area (Å²) in [7, 11) is 0.